The Labute approximate surface area is 126 Å². The second-order valence-electron chi connectivity index (χ2n) is 6.66. The van der Waals surface area contributed by atoms with E-state index in [4.69, 9.17) is 4.74 Å². The molecule has 1 amide bonds. The summed E-state index contributed by atoms with van der Waals surface area (Å²) >= 11 is 0. The molecule has 0 aromatic heterocycles. The molecule has 116 valence electrons. The van der Waals surface area contributed by atoms with Crippen LogP contribution in [0.2, 0.25) is 0 Å². The largest absolute Gasteiger partial charge is 0.392 e. The first kappa shape index (κ1) is 16.0. The molecule has 0 saturated heterocycles. The number of rotatable bonds is 5. The average Bonchev–Trinajstić information content (AvgIpc) is 2.45. The number of carbonyl (C=O) groups excluding carboxylic acids is 1. The molecule has 1 aromatic carbocycles. The molecule has 2 N–H and O–H groups in total. The number of carbonyl (C=O) groups is 1. The van der Waals surface area contributed by atoms with Gasteiger partial charge >= 0.3 is 0 Å². The molecule has 0 bridgehead atoms. The summed E-state index contributed by atoms with van der Waals surface area (Å²) in [5, 5.41) is 12.7. The average molecular weight is 291 g/mol. The van der Waals surface area contributed by atoms with Crippen LogP contribution in [0.15, 0.2) is 24.3 Å². The predicted molar refractivity (Wildman–Crippen MR) is 82.0 cm³/mol. The highest BCUT2D eigenvalue weighted by Gasteiger charge is 2.47. The molecule has 2 unspecified atom stereocenters. The summed E-state index contributed by atoms with van der Waals surface area (Å²) in [6, 6.07) is 7.49. The van der Waals surface area contributed by atoms with E-state index < -0.39 is 0 Å². The van der Waals surface area contributed by atoms with Crippen LogP contribution in [0.5, 0.6) is 0 Å². The highest BCUT2D eigenvalue weighted by atomic mass is 16.5. The van der Waals surface area contributed by atoms with Crippen molar-refractivity contribution in [1.29, 1.82) is 0 Å². The summed E-state index contributed by atoms with van der Waals surface area (Å²) in [6.07, 6.45) is 0.484. The van der Waals surface area contributed by atoms with E-state index in [0.717, 1.165) is 5.56 Å². The van der Waals surface area contributed by atoms with Crippen LogP contribution < -0.4 is 5.32 Å². The number of aliphatic hydroxyl groups is 1. The zero-order chi connectivity index (χ0) is 15.6. The number of hydrogen-bond donors (Lipinski definition) is 2. The van der Waals surface area contributed by atoms with Crippen LogP contribution in [-0.4, -0.2) is 29.3 Å². The van der Waals surface area contributed by atoms with E-state index in [1.54, 1.807) is 0 Å². The van der Waals surface area contributed by atoms with Crippen LogP contribution >= 0.6 is 0 Å². The molecule has 2 atom stereocenters. The number of ether oxygens (including phenoxy) is 1. The molecular weight excluding hydrogens is 266 g/mol. The number of hydrogen-bond acceptors (Lipinski definition) is 3. The van der Waals surface area contributed by atoms with Gasteiger partial charge in [-0.2, -0.15) is 0 Å². The molecule has 4 nitrogen and oxygen atoms in total. The lowest BCUT2D eigenvalue weighted by atomic mass is 9.64. The summed E-state index contributed by atoms with van der Waals surface area (Å²) in [5.74, 6) is -0.0868. The molecule has 0 aliphatic heterocycles. The Bertz CT molecular complexity index is 493. The van der Waals surface area contributed by atoms with Gasteiger partial charge in [-0.25, -0.2) is 0 Å². The fraction of sp³-hybridized carbons (Fsp3) is 0.588. The SMILES string of the molecule is CC(C)OCc1ccc(C(=O)NC2CC(O)C2(C)C)cc1. The molecule has 0 radical (unpaired) electrons. The van der Waals surface area contributed by atoms with Crippen molar-refractivity contribution in [2.24, 2.45) is 5.41 Å². The molecule has 21 heavy (non-hydrogen) atoms. The van der Waals surface area contributed by atoms with Gasteiger partial charge in [-0.05, 0) is 38.0 Å². The lowest BCUT2D eigenvalue weighted by molar-refractivity contribution is -0.0689. The van der Waals surface area contributed by atoms with Crippen molar-refractivity contribution in [2.45, 2.75) is 59.0 Å². The lowest BCUT2D eigenvalue weighted by Gasteiger charge is -2.49. The summed E-state index contributed by atoms with van der Waals surface area (Å²) in [4.78, 5) is 12.2. The molecule has 1 fully saturated rings. The summed E-state index contributed by atoms with van der Waals surface area (Å²) in [5.41, 5.74) is 1.45. The third-order valence-corrected chi connectivity index (χ3v) is 4.32. The van der Waals surface area contributed by atoms with E-state index in [-0.39, 0.29) is 29.6 Å². The standard InChI is InChI=1S/C17H25NO3/c1-11(2)21-10-12-5-7-13(8-6-12)16(20)18-14-9-15(19)17(14,3)4/h5-8,11,14-15,19H,9-10H2,1-4H3,(H,18,20). The molecule has 1 aliphatic rings. The van der Waals surface area contributed by atoms with Gasteiger partial charge < -0.3 is 15.2 Å². The third kappa shape index (κ3) is 3.63. The van der Waals surface area contributed by atoms with Crippen LogP contribution in [0, 0.1) is 5.41 Å². The van der Waals surface area contributed by atoms with E-state index in [1.165, 1.54) is 0 Å². The first-order valence-corrected chi connectivity index (χ1v) is 7.50. The first-order chi connectivity index (χ1) is 9.80. The number of nitrogens with one attached hydrogen (secondary N) is 1. The Hall–Kier alpha value is -1.39. The Morgan fingerprint density at radius 1 is 1.38 bits per heavy atom. The van der Waals surface area contributed by atoms with Gasteiger partial charge in [-0.1, -0.05) is 26.0 Å². The second-order valence-corrected chi connectivity index (χ2v) is 6.66. The van der Waals surface area contributed by atoms with Crippen LogP contribution in [0.1, 0.15) is 50.0 Å². The minimum atomic E-state index is -0.335. The topological polar surface area (TPSA) is 58.6 Å². The van der Waals surface area contributed by atoms with Gasteiger partial charge in [-0.3, -0.25) is 4.79 Å². The van der Waals surface area contributed by atoms with Gasteiger partial charge in [0.25, 0.3) is 5.91 Å². The fourth-order valence-corrected chi connectivity index (χ4v) is 2.40. The number of aliphatic hydroxyl groups excluding tert-OH is 1. The zero-order valence-corrected chi connectivity index (χ0v) is 13.2. The van der Waals surface area contributed by atoms with Crippen molar-refractivity contribution in [2.75, 3.05) is 0 Å². The van der Waals surface area contributed by atoms with E-state index in [9.17, 15) is 9.90 Å². The van der Waals surface area contributed by atoms with Crippen LogP contribution in [0.4, 0.5) is 0 Å². The van der Waals surface area contributed by atoms with E-state index in [2.05, 4.69) is 5.32 Å². The van der Waals surface area contributed by atoms with Crippen LogP contribution in [-0.2, 0) is 11.3 Å². The van der Waals surface area contributed by atoms with E-state index in [0.29, 0.717) is 18.6 Å². The predicted octanol–water partition coefficient (Wildman–Crippen LogP) is 2.50. The molecular formula is C17H25NO3. The molecule has 2 rings (SSSR count). The van der Waals surface area contributed by atoms with Gasteiger partial charge in [0.15, 0.2) is 0 Å². The number of benzene rings is 1. The van der Waals surface area contributed by atoms with Crippen LogP contribution in [0.3, 0.4) is 0 Å². The van der Waals surface area contributed by atoms with Gasteiger partial charge in [0.1, 0.15) is 0 Å². The molecule has 1 saturated carbocycles. The van der Waals surface area contributed by atoms with Crippen molar-refractivity contribution in [3.63, 3.8) is 0 Å². The van der Waals surface area contributed by atoms with Gasteiger partial charge in [0, 0.05) is 17.0 Å². The third-order valence-electron chi connectivity index (χ3n) is 4.32. The normalized spacial score (nSPS) is 23.7. The van der Waals surface area contributed by atoms with Gasteiger partial charge in [0.05, 0.1) is 18.8 Å². The summed E-state index contributed by atoms with van der Waals surface area (Å²) in [6.45, 7) is 8.49. The van der Waals surface area contributed by atoms with Crippen molar-refractivity contribution < 1.29 is 14.6 Å². The summed E-state index contributed by atoms with van der Waals surface area (Å²) < 4.78 is 5.53. The minimum Gasteiger partial charge on any atom is -0.392 e. The van der Waals surface area contributed by atoms with Gasteiger partial charge in [0.2, 0.25) is 0 Å². The quantitative estimate of drug-likeness (QED) is 0.876. The highest BCUT2D eigenvalue weighted by molar-refractivity contribution is 5.94. The lowest BCUT2D eigenvalue weighted by Crippen LogP contribution is -2.61. The van der Waals surface area contributed by atoms with Crippen molar-refractivity contribution >= 4 is 5.91 Å². The van der Waals surface area contributed by atoms with Gasteiger partial charge in [-0.15, -0.1) is 0 Å². The van der Waals surface area contributed by atoms with Crippen molar-refractivity contribution in [1.82, 2.24) is 5.32 Å². The maximum absolute atomic E-state index is 12.2. The van der Waals surface area contributed by atoms with E-state index >= 15 is 0 Å². The molecule has 0 heterocycles. The van der Waals surface area contributed by atoms with E-state index in [1.807, 2.05) is 52.0 Å². The minimum absolute atomic E-state index is 0.0314. The smallest absolute Gasteiger partial charge is 0.251 e. The highest BCUT2D eigenvalue weighted by Crippen LogP contribution is 2.40. The fourth-order valence-electron chi connectivity index (χ4n) is 2.40. The number of amides is 1. The van der Waals surface area contributed by atoms with Crippen molar-refractivity contribution in [3.8, 4) is 0 Å². The van der Waals surface area contributed by atoms with Crippen molar-refractivity contribution in [3.05, 3.63) is 35.4 Å². The second kappa shape index (κ2) is 6.16. The monoisotopic (exact) mass is 291 g/mol. The molecule has 1 aromatic rings. The molecule has 0 spiro atoms. The summed E-state index contributed by atoms with van der Waals surface area (Å²) in [7, 11) is 0. The Kier molecular flexibility index (Phi) is 4.69. The zero-order valence-electron chi connectivity index (χ0n) is 13.2. The maximum Gasteiger partial charge on any atom is 0.251 e. The Balaban J connectivity index is 1.91. The maximum atomic E-state index is 12.2. The Morgan fingerprint density at radius 3 is 2.48 bits per heavy atom. The molecule has 1 aliphatic carbocycles. The molecule has 4 heteroatoms. The Morgan fingerprint density at radius 2 is 2.00 bits per heavy atom. The van der Waals surface area contributed by atoms with Crippen LogP contribution in [0.25, 0.3) is 0 Å². The first-order valence-electron chi connectivity index (χ1n) is 7.50.